The molecule has 3 aromatic rings. The van der Waals surface area contributed by atoms with E-state index >= 15 is 0 Å². The number of rotatable bonds is 7. The summed E-state index contributed by atoms with van der Waals surface area (Å²) in [5, 5.41) is 0.273. The molecule has 0 saturated heterocycles. The van der Waals surface area contributed by atoms with Gasteiger partial charge in [-0.15, -0.1) is 0 Å². The predicted molar refractivity (Wildman–Crippen MR) is 113 cm³/mol. The van der Waals surface area contributed by atoms with Crippen LogP contribution >= 0.6 is 11.6 Å². The lowest BCUT2D eigenvalue weighted by atomic mass is 10.0. The van der Waals surface area contributed by atoms with Crippen LogP contribution in [-0.4, -0.2) is 34.7 Å². The minimum atomic E-state index is -1.32. The molecule has 0 aliphatic rings. The van der Waals surface area contributed by atoms with E-state index in [1.807, 2.05) is 30.3 Å². The first-order valence-electron chi connectivity index (χ1n) is 9.23. The van der Waals surface area contributed by atoms with Crippen LogP contribution in [0.5, 0.6) is 0 Å². The average Bonchev–Trinajstić information content (AvgIpc) is 2.75. The Morgan fingerprint density at radius 1 is 0.966 bits per heavy atom. The van der Waals surface area contributed by atoms with Gasteiger partial charge in [0, 0.05) is 31.4 Å². The summed E-state index contributed by atoms with van der Waals surface area (Å²) in [6, 6.07) is 19.6. The van der Waals surface area contributed by atoms with Crippen molar-refractivity contribution in [3.8, 4) is 0 Å². The van der Waals surface area contributed by atoms with Gasteiger partial charge in [-0.05, 0) is 18.1 Å². The number of hydrogen-bond acceptors (Lipinski definition) is 3. The van der Waals surface area contributed by atoms with Crippen LogP contribution in [0.4, 0.5) is 0 Å². The van der Waals surface area contributed by atoms with Crippen molar-refractivity contribution in [1.82, 2.24) is 9.47 Å². The van der Waals surface area contributed by atoms with E-state index < -0.39 is 23.3 Å². The first kappa shape index (κ1) is 20.6. The topological polar surface area (TPSA) is 59.4 Å². The summed E-state index contributed by atoms with van der Waals surface area (Å²) in [5.74, 6) is -0.911. The van der Waals surface area contributed by atoms with Crippen LogP contribution in [0.15, 0.2) is 83.8 Å². The Kier molecular flexibility index (Phi) is 6.62. The van der Waals surface area contributed by atoms with Crippen molar-refractivity contribution < 1.29 is 9.59 Å². The highest BCUT2D eigenvalue weighted by molar-refractivity contribution is 6.30. The van der Waals surface area contributed by atoms with E-state index in [0.717, 1.165) is 10.1 Å². The molecule has 0 saturated carbocycles. The minimum absolute atomic E-state index is 0.273. The molecule has 0 fully saturated rings. The van der Waals surface area contributed by atoms with E-state index in [0.29, 0.717) is 18.5 Å². The molecule has 6 heteroatoms. The van der Waals surface area contributed by atoms with Gasteiger partial charge in [0.1, 0.15) is 0 Å². The van der Waals surface area contributed by atoms with E-state index in [2.05, 4.69) is 0 Å². The third-order valence-electron chi connectivity index (χ3n) is 4.68. The zero-order valence-corrected chi connectivity index (χ0v) is 16.8. The Morgan fingerprint density at radius 2 is 1.59 bits per heavy atom. The second-order valence-electron chi connectivity index (χ2n) is 6.72. The Bertz CT molecular complexity index is 1050. The number of Topliss-reactive ketones (excluding diaryl/α,β-unsaturated/α-hetero) is 1. The molecular formula is C23H21ClN2O3. The molecule has 5 nitrogen and oxygen atoms in total. The lowest BCUT2D eigenvalue weighted by Crippen LogP contribution is -2.42. The quantitative estimate of drug-likeness (QED) is 0.443. The number of aromatic nitrogens is 1. The molecule has 3 rings (SSSR count). The summed E-state index contributed by atoms with van der Waals surface area (Å²) in [7, 11) is 1.63. The Morgan fingerprint density at radius 3 is 2.24 bits per heavy atom. The van der Waals surface area contributed by atoms with Crippen LogP contribution in [0.3, 0.4) is 0 Å². The Balaban J connectivity index is 1.91. The zero-order valence-electron chi connectivity index (χ0n) is 16.0. The van der Waals surface area contributed by atoms with E-state index in [1.165, 1.54) is 23.2 Å². The molecule has 148 valence electrons. The summed E-state index contributed by atoms with van der Waals surface area (Å²) < 4.78 is 1.11. The molecule has 1 heterocycles. The number of carbonyl (C=O) groups is 2. The molecule has 0 unspecified atom stereocenters. The molecule has 2 aromatic carbocycles. The summed E-state index contributed by atoms with van der Waals surface area (Å²) in [5.41, 5.74) is 0.973. The van der Waals surface area contributed by atoms with E-state index in [9.17, 15) is 14.4 Å². The third kappa shape index (κ3) is 5.00. The molecule has 29 heavy (non-hydrogen) atoms. The Hall–Kier alpha value is -3.18. The fourth-order valence-electron chi connectivity index (χ4n) is 3.06. The number of ketones is 1. The van der Waals surface area contributed by atoms with Crippen molar-refractivity contribution in [2.75, 3.05) is 13.6 Å². The largest absolute Gasteiger partial charge is 0.343 e. The highest BCUT2D eigenvalue weighted by Crippen LogP contribution is 2.18. The fraction of sp³-hybridized carbons (Fsp3) is 0.174. The summed E-state index contributed by atoms with van der Waals surface area (Å²) in [6.07, 6.45) is 1.97. The van der Waals surface area contributed by atoms with Crippen molar-refractivity contribution in [2.45, 2.75) is 12.5 Å². The number of likely N-dealkylation sites (N-methyl/N-ethyl adjacent to an activating group) is 1. The maximum absolute atomic E-state index is 13.2. The molecule has 0 bridgehead atoms. The maximum atomic E-state index is 13.2. The van der Waals surface area contributed by atoms with Crippen LogP contribution in [0, 0.1) is 0 Å². The van der Waals surface area contributed by atoms with E-state index in [-0.39, 0.29) is 5.02 Å². The lowest BCUT2D eigenvalue weighted by molar-refractivity contribution is -0.132. The molecule has 1 aromatic heterocycles. The monoisotopic (exact) mass is 408 g/mol. The SMILES string of the molecule is CN(CCc1ccccc1)C(=O)[C@H](C(=O)c1ccccc1)n1cc(Cl)ccc1=O. The minimum Gasteiger partial charge on any atom is -0.343 e. The van der Waals surface area contributed by atoms with Crippen molar-refractivity contribution >= 4 is 23.3 Å². The van der Waals surface area contributed by atoms with Crippen LogP contribution < -0.4 is 5.56 Å². The number of benzene rings is 2. The smallest absolute Gasteiger partial charge is 0.253 e. The average molecular weight is 409 g/mol. The summed E-state index contributed by atoms with van der Waals surface area (Å²) >= 11 is 6.04. The highest BCUT2D eigenvalue weighted by atomic mass is 35.5. The third-order valence-corrected chi connectivity index (χ3v) is 4.90. The number of carbonyl (C=O) groups excluding carboxylic acids is 2. The number of halogens is 1. The van der Waals surface area contributed by atoms with Crippen LogP contribution in [0.25, 0.3) is 0 Å². The number of amides is 1. The summed E-state index contributed by atoms with van der Waals surface area (Å²) in [4.78, 5) is 40.3. The van der Waals surface area contributed by atoms with Crippen molar-refractivity contribution in [3.63, 3.8) is 0 Å². The second kappa shape index (κ2) is 9.34. The van der Waals surface area contributed by atoms with Crippen molar-refractivity contribution in [2.24, 2.45) is 0 Å². The standard InChI is InChI=1S/C23H21ClN2O3/c1-25(15-14-17-8-4-2-5-9-17)23(29)21(22(28)18-10-6-3-7-11-18)26-16-19(24)12-13-20(26)27/h2-13,16,21H,14-15H2,1H3/t21-/m0/s1. The van der Waals surface area contributed by atoms with Gasteiger partial charge in [0.25, 0.3) is 11.5 Å². The molecule has 0 radical (unpaired) electrons. The molecular weight excluding hydrogens is 388 g/mol. The van der Waals surface area contributed by atoms with Crippen molar-refractivity contribution in [3.05, 3.63) is 105 Å². The molecule has 1 atom stereocenters. The molecule has 0 aliphatic carbocycles. The van der Waals surface area contributed by atoms with Crippen LogP contribution in [0.2, 0.25) is 5.02 Å². The van der Waals surface area contributed by atoms with Crippen molar-refractivity contribution in [1.29, 1.82) is 0 Å². The molecule has 0 spiro atoms. The number of pyridine rings is 1. The first-order valence-corrected chi connectivity index (χ1v) is 9.61. The predicted octanol–water partition coefficient (Wildman–Crippen LogP) is 3.63. The van der Waals surface area contributed by atoms with E-state index in [1.54, 1.807) is 37.4 Å². The van der Waals surface area contributed by atoms with E-state index in [4.69, 9.17) is 11.6 Å². The molecule has 1 amide bonds. The van der Waals surface area contributed by atoms with Crippen LogP contribution in [0.1, 0.15) is 22.0 Å². The van der Waals surface area contributed by atoms with Gasteiger partial charge >= 0.3 is 0 Å². The number of nitrogens with zero attached hydrogens (tertiary/aromatic N) is 2. The van der Waals surface area contributed by atoms with Gasteiger partial charge in [-0.1, -0.05) is 72.3 Å². The normalized spacial score (nSPS) is 11.7. The second-order valence-corrected chi connectivity index (χ2v) is 7.16. The molecule has 0 N–H and O–H groups in total. The van der Waals surface area contributed by atoms with Crippen LogP contribution in [-0.2, 0) is 11.2 Å². The lowest BCUT2D eigenvalue weighted by Gasteiger charge is -2.25. The summed E-state index contributed by atoms with van der Waals surface area (Å²) in [6.45, 7) is 0.413. The fourth-order valence-corrected chi connectivity index (χ4v) is 3.22. The van der Waals surface area contributed by atoms with Gasteiger partial charge in [-0.2, -0.15) is 0 Å². The number of hydrogen-bond donors (Lipinski definition) is 0. The van der Waals surface area contributed by atoms with Gasteiger partial charge in [0.15, 0.2) is 11.8 Å². The van der Waals surface area contributed by atoms with Gasteiger partial charge in [-0.25, -0.2) is 0 Å². The molecule has 0 aliphatic heterocycles. The highest BCUT2D eigenvalue weighted by Gasteiger charge is 2.32. The van der Waals surface area contributed by atoms with Gasteiger partial charge < -0.3 is 4.90 Å². The Labute approximate surface area is 174 Å². The first-order chi connectivity index (χ1) is 14.0. The van der Waals surface area contributed by atoms with Gasteiger partial charge in [-0.3, -0.25) is 19.0 Å². The van der Waals surface area contributed by atoms with Gasteiger partial charge in [0.05, 0.1) is 5.02 Å². The van der Waals surface area contributed by atoms with Gasteiger partial charge in [0.2, 0.25) is 0 Å². The zero-order chi connectivity index (χ0) is 20.8. The maximum Gasteiger partial charge on any atom is 0.253 e.